The van der Waals surface area contributed by atoms with E-state index >= 15 is 0 Å². The summed E-state index contributed by atoms with van der Waals surface area (Å²) in [5.74, 6) is 1.08. The third-order valence-corrected chi connectivity index (χ3v) is 2.29. The predicted octanol–water partition coefficient (Wildman–Crippen LogP) is 1.62. The highest BCUT2D eigenvalue weighted by molar-refractivity contribution is 5.78. The fourth-order valence-corrected chi connectivity index (χ4v) is 1.43. The molecule has 5 heteroatoms. The van der Waals surface area contributed by atoms with Gasteiger partial charge in [0, 0.05) is 18.2 Å². The van der Waals surface area contributed by atoms with Crippen LogP contribution in [-0.4, -0.2) is 19.6 Å². The van der Waals surface area contributed by atoms with Crippen molar-refractivity contribution in [2.24, 2.45) is 0 Å². The first kappa shape index (κ1) is 13.8. The Morgan fingerprint density at radius 1 is 1.50 bits per heavy atom. The first-order valence-electron chi connectivity index (χ1n) is 5.64. The Balaban J connectivity index is 2.75. The van der Waals surface area contributed by atoms with Crippen LogP contribution in [0.3, 0.4) is 0 Å². The topological polar surface area (TPSA) is 71.3 Å². The van der Waals surface area contributed by atoms with Gasteiger partial charge in [-0.1, -0.05) is 0 Å². The molecule has 1 rings (SSSR count). The first-order chi connectivity index (χ1) is 8.71. The Kier molecular flexibility index (Phi) is 5.52. The summed E-state index contributed by atoms with van der Waals surface area (Å²) in [5, 5.41) is 11.0. The minimum atomic E-state index is -0.296. The summed E-state index contributed by atoms with van der Waals surface area (Å²) < 4.78 is 10.6. The van der Waals surface area contributed by atoms with Crippen molar-refractivity contribution < 1.29 is 14.3 Å². The van der Waals surface area contributed by atoms with Crippen LogP contribution in [0.4, 0.5) is 0 Å². The summed E-state index contributed by atoms with van der Waals surface area (Å²) in [6.07, 6.45) is -0.139. The van der Waals surface area contributed by atoms with E-state index in [1.54, 1.807) is 25.3 Å². The molecule has 0 saturated carbocycles. The maximum absolute atomic E-state index is 11.2. The van der Waals surface area contributed by atoms with Crippen LogP contribution in [0.2, 0.25) is 0 Å². The highest BCUT2D eigenvalue weighted by Crippen LogP contribution is 2.24. The molecule has 1 N–H and O–H groups in total. The van der Waals surface area contributed by atoms with E-state index in [1.165, 1.54) is 0 Å². The van der Waals surface area contributed by atoms with Gasteiger partial charge in [-0.25, -0.2) is 0 Å². The Hall–Kier alpha value is -2.22. The van der Waals surface area contributed by atoms with Crippen LogP contribution >= 0.6 is 0 Å². The molecule has 0 spiro atoms. The van der Waals surface area contributed by atoms with Crippen molar-refractivity contribution in [1.29, 1.82) is 5.26 Å². The molecule has 1 aromatic carbocycles. The molecule has 0 aliphatic rings. The van der Waals surface area contributed by atoms with Gasteiger partial charge in [0.2, 0.25) is 5.91 Å². The Bertz CT molecular complexity index is 452. The molecule has 0 unspecified atom stereocenters. The molecule has 0 aliphatic heterocycles. The van der Waals surface area contributed by atoms with Gasteiger partial charge in [0.05, 0.1) is 19.8 Å². The maximum Gasteiger partial charge on any atom is 0.234 e. The van der Waals surface area contributed by atoms with E-state index in [0.717, 1.165) is 5.56 Å². The summed E-state index contributed by atoms with van der Waals surface area (Å²) >= 11 is 0. The second-order valence-electron chi connectivity index (χ2n) is 3.52. The molecule has 0 aromatic heterocycles. The van der Waals surface area contributed by atoms with E-state index < -0.39 is 0 Å². The number of hydrogen-bond donors (Lipinski definition) is 1. The largest absolute Gasteiger partial charge is 0.497 e. The zero-order valence-corrected chi connectivity index (χ0v) is 10.5. The predicted molar refractivity (Wildman–Crippen MR) is 66.2 cm³/mol. The normalized spacial score (nSPS) is 9.39. The molecule has 0 atom stereocenters. The second-order valence-corrected chi connectivity index (χ2v) is 3.52. The van der Waals surface area contributed by atoms with Crippen molar-refractivity contribution in [3.05, 3.63) is 23.8 Å². The molecule has 0 radical (unpaired) electrons. The number of amides is 1. The van der Waals surface area contributed by atoms with Crippen molar-refractivity contribution in [1.82, 2.24) is 5.32 Å². The molecule has 1 aromatic rings. The standard InChI is InChI=1S/C13H16N2O3/c1-3-18-12-8-11(17-2)5-4-10(12)9-15-13(16)6-7-14/h4-5,8H,3,6,9H2,1-2H3,(H,15,16). The molecule has 5 nitrogen and oxygen atoms in total. The number of ether oxygens (including phenoxy) is 2. The van der Waals surface area contributed by atoms with Crippen LogP contribution in [0.15, 0.2) is 18.2 Å². The SMILES string of the molecule is CCOc1cc(OC)ccc1CNC(=O)CC#N. The minimum Gasteiger partial charge on any atom is -0.497 e. The monoisotopic (exact) mass is 248 g/mol. The number of rotatable bonds is 6. The first-order valence-corrected chi connectivity index (χ1v) is 5.64. The number of nitriles is 1. The molecule has 18 heavy (non-hydrogen) atoms. The van der Waals surface area contributed by atoms with Crippen molar-refractivity contribution in [3.8, 4) is 17.6 Å². The molecular formula is C13H16N2O3. The maximum atomic E-state index is 11.2. The minimum absolute atomic E-state index is 0.139. The lowest BCUT2D eigenvalue weighted by molar-refractivity contribution is -0.120. The van der Waals surface area contributed by atoms with Crippen LogP contribution in [0, 0.1) is 11.3 Å². The van der Waals surface area contributed by atoms with Gasteiger partial charge in [0.15, 0.2) is 0 Å². The second kappa shape index (κ2) is 7.17. The van der Waals surface area contributed by atoms with Gasteiger partial charge in [0.25, 0.3) is 0 Å². The van der Waals surface area contributed by atoms with Gasteiger partial charge in [-0.15, -0.1) is 0 Å². The lowest BCUT2D eigenvalue weighted by atomic mass is 10.2. The van der Waals surface area contributed by atoms with Gasteiger partial charge in [0.1, 0.15) is 17.9 Å². The van der Waals surface area contributed by atoms with E-state index in [9.17, 15) is 4.79 Å². The van der Waals surface area contributed by atoms with E-state index in [4.69, 9.17) is 14.7 Å². The smallest absolute Gasteiger partial charge is 0.234 e. The zero-order chi connectivity index (χ0) is 13.4. The third kappa shape index (κ3) is 3.98. The Morgan fingerprint density at radius 3 is 2.89 bits per heavy atom. The number of nitrogens with zero attached hydrogens (tertiary/aromatic N) is 1. The molecule has 0 saturated heterocycles. The molecule has 96 valence electrons. The van der Waals surface area contributed by atoms with E-state index in [2.05, 4.69) is 5.32 Å². The lowest BCUT2D eigenvalue weighted by Gasteiger charge is -2.12. The van der Waals surface area contributed by atoms with Crippen LogP contribution < -0.4 is 14.8 Å². The van der Waals surface area contributed by atoms with Crippen molar-refractivity contribution in [3.63, 3.8) is 0 Å². The van der Waals surface area contributed by atoms with E-state index in [1.807, 2.05) is 13.0 Å². The Labute approximate surface area is 106 Å². The number of carbonyl (C=O) groups is 1. The van der Waals surface area contributed by atoms with Crippen LogP contribution in [0.25, 0.3) is 0 Å². The average molecular weight is 248 g/mol. The van der Waals surface area contributed by atoms with Crippen LogP contribution in [0.5, 0.6) is 11.5 Å². The summed E-state index contributed by atoms with van der Waals surface area (Å²) in [6.45, 7) is 2.75. The molecule has 0 heterocycles. The number of benzene rings is 1. The van der Waals surface area contributed by atoms with Crippen molar-refractivity contribution in [2.75, 3.05) is 13.7 Å². The number of methoxy groups -OCH3 is 1. The molecule has 0 bridgehead atoms. The third-order valence-electron chi connectivity index (χ3n) is 2.29. The zero-order valence-electron chi connectivity index (χ0n) is 10.5. The lowest BCUT2D eigenvalue weighted by Crippen LogP contribution is -2.22. The van der Waals surface area contributed by atoms with Crippen LogP contribution in [-0.2, 0) is 11.3 Å². The molecule has 0 aliphatic carbocycles. The Morgan fingerprint density at radius 2 is 2.28 bits per heavy atom. The van der Waals surface area contributed by atoms with Crippen molar-refractivity contribution >= 4 is 5.91 Å². The fourth-order valence-electron chi connectivity index (χ4n) is 1.43. The van der Waals surface area contributed by atoms with Crippen molar-refractivity contribution in [2.45, 2.75) is 19.9 Å². The van der Waals surface area contributed by atoms with Gasteiger partial charge >= 0.3 is 0 Å². The molecular weight excluding hydrogens is 232 g/mol. The highest BCUT2D eigenvalue weighted by Gasteiger charge is 2.07. The molecule has 1 amide bonds. The molecule has 0 fully saturated rings. The van der Waals surface area contributed by atoms with Crippen LogP contribution in [0.1, 0.15) is 18.9 Å². The summed E-state index contributed by atoms with van der Waals surface area (Å²) in [7, 11) is 1.58. The quantitative estimate of drug-likeness (QED) is 0.830. The summed E-state index contributed by atoms with van der Waals surface area (Å²) in [4.78, 5) is 11.2. The number of hydrogen-bond acceptors (Lipinski definition) is 4. The summed E-state index contributed by atoms with van der Waals surface area (Å²) in [6, 6.07) is 7.20. The fraction of sp³-hybridized carbons (Fsp3) is 0.385. The van der Waals surface area contributed by atoms with Gasteiger partial charge in [-0.3, -0.25) is 4.79 Å². The van der Waals surface area contributed by atoms with Gasteiger partial charge < -0.3 is 14.8 Å². The number of carbonyl (C=O) groups excluding carboxylic acids is 1. The van der Waals surface area contributed by atoms with Gasteiger partial charge in [-0.05, 0) is 19.1 Å². The highest BCUT2D eigenvalue weighted by atomic mass is 16.5. The van der Waals surface area contributed by atoms with Gasteiger partial charge in [-0.2, -0.15) is 5.26 Å². The summed E-state index contributed by atoms with van der Waals surface area (Å²) in [5.41, 5.74) is 0.851. The van der Waals surface area contributed by atoms with E-state index in [-0.39, 0.29) is 12.3 Å². The number of nitrogens with one attached hydrogen (secondary N) is 1. The average Bonchev–Trinajstić information content (AvgIpc) is 2.38. The van der Waals surface area contributed by atoms with E-state index in [0.29, 0.717) is 24.7 Å².